The maximum absolute atomic E-state index is 13.0. The lowest BCUT2D eigenvalue weighted by molar-refractivity contribution is 0.0670. The molecule has 1 unspecified atom stereocenters. The molecule has 0 aromatic heterocycles. The van der Waals surface area contributed by atoms with Gasteiger partial charge < -0.3 is 24.4 Å². The van der Waals surface area contributed by atoms with Crippen molar-refractivity contribution in [2.75, 3.05) is 41.0 Å². The smallest absolute Gasteiger partial charge is 0.257 e. The lowest BCUT2D eigenvalue weighted by Gasteiger charge is -2.35. The van der Waals surface area contributed by atoms with Gasteiger partial charge in [-0.2, -0.15) is 0 Å². The van der Waals surface area contributed by atoms with E-state index in [9.17, 15) is 4.79 Å². The summed E-state index contributed by atoms with van der Waals surface area (Å²) in [4.78, 5) is 14.9. The van der Waals surface area contributed by atoms with Gasteiger partial charge in [0.25, 0.3) is 5.91 Å². The van der Waals surface area contributed by atoms with Gasteiger partial charge in [-0.1, -0.05) is 0 Å². The predicted molar refractivity (Wildman–Crippen MR) is 103 cm³/mol. The second kappa shape index (κ2) is 9.33. The Morgan fingerprint density at radius 2 is 1.62 bits per heavy atom. The molecule has 1 atom stereocenters. The number of hydrogen-bond acceptors (Lipinski definition) is 5. The van der Waals surface area contributed by atoms with Crippen molar-refractivity contribution < 1.29 is 19.0 Å². The van der Waals surface area contributed by atoms with Gasteiger partial charge in [0.05, 0.1) is 26.9 Å². The summed E-state index contributed by atoms with van der Waals surface area (Å²) in [6.07, 6.45) is 4.65. The minimum atomic E-state index is -0.00404. The quantitative estimate of drug-likeness (QED) is 0.845. The van der Waals surface area contributed by atoms with Crippen molar-refractivity contribution in [1.29, 1.82) is 0 Å². The van der Waals surface area contributed by atoms with Gasteiger partial charge >= 0.3 is 0 Å². The second-order valence-electron chi connectivity index (χ2n) is 6.74. The minimum absolute atomic E-state index is 0. The number of halogens is 1. The summed E-state index contributed by atoms with van der Waals surface area (Å²) in [6.45, 7) is 2.71. The fraction of sp³-hybridized carbons (Fsp3) is 0.632. The van der Waals surface area contributed by atoms with Crippen molar-refractivity contribution in [3.05, 3.63) is 17.7 Å². The molecule has 146 valence electrons. The molecule has 0 spiro atoms. The number of nitrogens with one attached hydrogen (secondary N) is 1. The van der Waals surface area contributed by atoms with E-state index in [0.717, 1.165) is 32.5 Å². The molecule has 26 heavy (non-hydrogen) atoms. The van der Waals surface area contributed by atoms with Gasteiger partial charge in [-0.15, -0.1) is 12.4 Å². The molecule has 2 saturated heterocycles. The highest BCUT2D eigenvalue weighted by Crippen LogP contribution is 2.36. The van der Waals surface area contributed by atoms with Gasteiger partial charge in [-0.3, -0.25) is 4.79 Å². The number of amides is 1. The lowest BCUT2D eigenvalue weighted by Crippen LogP contribution is -2.43. The Bertz CT molecular complexity index is 612. The Morgan fingerprint density at radius 1 is 1.00 bits per heavy atom. The van der Waals surface area contributed by atoms with Crippen LogP contribution in [0, 0.1) is 5.92 Å². The van der Waals surface area contributed by atoms with E-state index in [1.165, 1.54) is 12.8 Å². The van der Waals surface area contributed by atoms with Crippen LogP contribution in [0.1, 0.15) is 36.0 Å². The van der Waals surface area contributed by atoms with Crippen LogP contribution in [0.4, 0.5) is 0 Å². The van der Waals surface area contributed by atoms with Crippen molar-refractivity contribution in [2.45, 2.75) is 31.7 Å². The number of likely N-dealkylation sites (tertiary alicyclic amines) is 1. The Kier molecular flexibility index (Phi) is 7.41. The molecule has 0 saturated carbocycles. The summed E-state index contributed by atoms with van der Waals surface area (Å²) < 4.78 is 16.0. The molecule has 1 aromatic rings. The summed E-state index contributed by atoms with van der Waals surface area (Å²) in [5.74, 6) is 2.29. The zero-order valence-corrected chi connectivity index (χ0v) is 16.6. The van der Waals surface area contributed by atoms with Crippen molar-refractivity contribution in [3.63, 3.8) is 0 Å². The Morgan fingerprint density at radius 3 is 2.15 bits per heavy atom. The molecule has 2 aliphatic heterocycles. The third-order valence-electron chi connectivity index (χ3n) is 5.43. The standard InChI is InChI=1S/C19H28N2O4.ClH/c1-23-16-12-18(25-3)17(24-2)11-14(16)19(22)21-9-6-13(7-10-21)15-5-4-8-20-15;/h11-13,15,20H,4-10H2,1-3H3;1H. The van der Waals surface area contributed by atoms with E-state index in [0.29, 0.717) is 34.8 Å². The Balaban J connectivity index is 0.00000243. The van der Waals surface area contributed by atoms with E-state index in [4.69, 9.17) is 14.2 Å². The first-order valence-electron chi connectivity index (χ1n) is 9.00. The zero-order chi connectivity index (χ0) is 17.8. The van der Waals surface area contributed by atoms with Crippen LogP contribution in [0.3, 0.4) is 0 Å². The topological polar surface area (TPSA) is 60.0 Å². The molecule has 2 aliphatic rings. The van der Waals surface area contributed by atoms with Gasteiger partial charge in [0.1, 0.15) is 5.75 Å². The fourth-order valence-corrected chi connectivity index (χ4v) is 3.99. The number of piperidine rings is 1. The number of hydrogen-bond donors (Lipinski definition) is 1. The molecule has 2 fully saturated rings. The predicted octanol–water partition coefficient (Wildman–Crippen LogP) is 2.74. The normalized spacial score (nSPS) is 20.4. The summed E-state index contributed by atoms with van der Waals surface area (Å²) in [5.41, 5.74) is 0.526. The maximum Gasteiger partial charge on any atom is 0.257 e. The summed E-state index contributed by atoms with van der Waals surface area (Å²) in [5, 5.41) is 3.59. The Hall–Kier alpha value is -1.66. The third kappa shape index (κ3) is 4.18. The van der Waals surface area contributed by atoms with E-state index >= 15 is 0 Å². The highest BCUT2D eigenvalue weighted by atomic mass is 35.5. The van der Waals surface area contributed by atoms with Crippen LogP contribution >= 0.6 is 12.4 Å². The third-order valence-corrected chi connectivity index (χ3v) is 5.43. The molecule has 1 amide bonds. The number of rotatable bonds is 5. The molecule has 3 rings (SSSR count). The summed E-state index contributed by atoms with van der Waals surface area (Å²) in [6, 6.07) is 4.05. The van der Waals surface area contributed by atoms with Crippen LogP contribution in [0.5, 0.6) is 17.2 Å². The van der Waals surface area contributed by atoms with Crippen LogP contribution in [0.15, 0.2) is 12.1 Å². The largest absolute Gasteiger partial charge is 0.496 e. The van der Waals surface area contributed by atoms with Gasteiger partial charge in [0.2, 0.25) is 0 Å². The van der Waals surface area contributed by atoms with Crippen molar-refractivity contribution in [1.82, 2.24) is 10.2 Å². The van der Waals surface area contributed by atoms with Crippen LogP contribution in [0.2, 0.25) is 0 Å². The van der Waals surface area contributed by atoms with Crippen molar-refractivity contribution >= 4 is 18.3 Å². The van der Waals surface area contributed by atoms with Gasteiger partial charge in [-0.25, -0.2) is 0 Å². The van der Waals surface area contributed by atoms with Gasteiger partial charge in [0.15, 0.2) is 11.5 Å². The van der Waals surface area contributed by atoms with E-state index in [2.05, 4.69) is 5.32 Å². The van der Waals surface area contributed by atoms with E-state index in [1.807, 2.05) is 4.90 Å². The first-order chi connectivity index (χ1) is 12.2. The average molecular weight is 385 g/mol. The number of methoxy groups -OCH3 is 3. The molecular formula is C19H29ClN2O4. The van der Waals surface area contributed by atoms with Gasteiger partial charge in [0, 0.05) is 31.3 Å². The molecule has 0 aliphatic carbocycles. The first kappa shape index (κ1) is 20.6. The van der Waals surface area contributed by atoms with E-state index < -0.39 is 0 Å². The molecule has 1 N–H and O–H groups in total. The van der Waals surface area contributed by atoms with Crippen molar-refractivity contribution in [2.24, 2.45) is 5.92 Å². The highest BCUT2D eigenvalue weighted by molar-refractivity contribution is 5.98. The monoisotopic (exact) mass is 384 g/mol. The minimum Gasteiger partial charge on any atom is -0.496 e. The van der Waals surface area contributed by atoms with Crippen LogP contribution in [-0.4, -0.2) is 57.8 Å². The number of carbonyl (C=O) groups excluding carboxylic acids is 1. The fourth-order valence-electron chi connectivity index (χ4n) is 3.99. The summed E-state index contributed by atoms with van der Waals surface area (Å²) >= 11 is 0. The van der Waals surface area contributed by atoms with Gasteiger partial charge in [-0.05, 0) is 38.1 Å². The molecule has 0 radical (unpaired) electrons. The van der Waals surface area contributed by atoms with Crippen molar-refractivity contribution in [3.8, 4) is 17.2 Å². The first-order valence-corrected chi connectivity index (χ1v) is 9.00. The maximum atomic E-state index is 13.0. The zero-order valence-electron chi connectivity index (χ0n) is 15.7. The lowest BCUT2D eigenvalue weighted by atomic mass is 9.88. The molecule has 7 heteroatoms. The average Bonchev–Trinajstić information content (AvgIpc) is 3.21. The van der Waals surface area contributed by atoms with E-state index in [1.54, 1.807) is 33.5 Å². The molecular weight excluding hydrogens is 356 g/mol. The Labute approximate surface area is 161 Å². The SMILES string of the molecule is COc1cc(OC)c(C(=O)N2CCC(C3CCCN3)CC2)cc1OC.Cl. The molecule has 6 nitrogen and oxygen atoms in total. The number of nitrogens with zero attached hydrogens (tertiary/aromatic N) is 1. The number of carbonyl (C=O) groups is 1. The molecule has 1 aromatic carbocycles. The van der Waals surface area contributed by atoms with E-state index in [-0.39, 0.29) is 18.3 Å². The molecule has 0 bridgehead atoms. The molecule has 2 heterocycles. The van der Waals surface area contributed by atoms with Crippen LogP contribution < -0.4 is 19.5 Å². The van der Waals surface area contributed by atoms with Crippen LogP contribution in [0.25, 0.3) is 0 Å². The van der Waals surface area contributed by atoms with Crippen LogP contribution in [-0.2, 0) is 0 Å². The summed E-state index contributed by atoms with van der Waals surface area (Å²) in [7, 11) is 4.70. The highest BCUT2D eigenvalue weighted by Gasteiger charge is 2.31. The number of benzene rings is 1. The second-order valence-corrected chi connectivity index (χ2v) is 6.74. The number of ether oxygens (including phenoxy) is 3.